The fraction of sp³-hybridized carbons (Fsp3) is 0.737. The lowest BCUT2D eigenvalue weighted by Gasteiger charge is -2.18. The van der Waals surface area contributed by atoms with Crippen LogP contribution in [0.4, 0.5) is 4.79 Å². The van der Waals surface area contributed by atoms with Crippen LogP contribution in [-0.2, 0) is 14.2 Å². The molecule has 1 saturated heterocycles. The normalized spacial score (nSPS) is 17.3. The lowest BCUT2D eigenvalue weighted by molar-refractivity contribution is -0.0475. The Morgan fingerprint density at radius 1 is 1.24 bits per heavy atom. The first-order valence-corrected chi connectivity index (χ1v) is 12.7. The van der Waals surface area contributed by atoms with Gasteiger partial charge >= 0.3 is 6.09 Å². The average Bonchev–Trinajstić information content (AvgIpc) is 2.93. The number of carbonyl (C=O) groups is 1. The molecule has 0 saturated carbocycles. The van der Waals surface area contributed by atoms with Crippen molar-refractivity contribution in [1.29, 1.82) is 0 Å². The zero-order chi connectivity index (χ0) is 18.9. The summed E-state index contributed by atoms with van der Waals surface area (Å²) in [4.78, 5) is 11.6. The predicted molar refractivity (Wildman–Crippen MR) is 104 cm³/mol. The largest absolute Gasteiger partial charge is 0.444 e. The first-order chi connectivity index (χ1) is 11.6. The molecule has 144 valence electrons. The molecule has 1 amide bonds. The Bertz CT molecular complexity index is 469. The summed E-state index contributed by atoms with van der Waals surface area (Å²) in [6.07, 6.45) is 7.06. The topological polar surface area (TPSA) is 56.8 Å². The van der Waals surface area contributed by atoms with Gasteiger partial charge < -0.3 is 14.2 Å². The minimum absolute atomic E-state index is 0.0301. The average molecular weight is 370 g/mol. The third kappa shape index (κ3) is 12.0. The van der Waals surface area contributed by atoms with Crippen LogP contribution >= 0.6 is 0 Å². The zero-order valence-corrected chi connectivity index (χ0v) is 17.7. The first-order valence-electron chi connectivity index (χ1n) is 9.13. The van der Waals surface area contributed by atoms with Gasteiger partial charge in [0.15, 0.2) is 6.29 Å². The highest BCUT2D eigenvalue weighted by atomic mass is 28.3. The van der Waals surface area contributed by atoms with Crippen molar-refractivity contribution in [3.8, 4) is 0 Å². The number of ether oxygens (including phenoxy) is 3. The van der Waals surface area contributed by atoms with Crippen molar-refractivity contribution in [2.45, 2.75) is 78.0 Å². The maximum atomic E-state index is 11.6. The van der Waals surface area contributed by atoms with Gasteiger partial charge in [0, 0.05) is 6.20 Å². The lowest BCUT2D eigenvalue weighted by Crippen LogP contribution is -2.29. The predicted octanol–water partition coefficient (Wildman–Crippen LogP) is 4.76. The SMILES string of the molecule is CC(C)(C)OC(=O)N/C=C/C/C(=C/[Si](C)(C)C)CCCC1OCCO1. The zero-order valence-electron chi connectivity index (χ0n) is 16.7. The molecule has 0 spiro atoms. The minimum Gasteiger partial charge on any atom is -0.444 e. The number of nitrogens with one attached hydrogen (secondary N) is 1. The van der Waals surface area contributed by atoms with E-state index in [1.807, 2.05) is 26.8 Å². The number of amides is 1. The van der Waals surface area contributed by atoms with E-state index in [1.54, 1.807) is 6.20 Å². The van der Waals surface area contributed by atoms with E-state index >= 15 is 0 Å². The molecule has 1 N–H and O–H groups in total. The van der Waals surface area contributed by atoms with E-state index in [4.69, 9.17) is 14.2 Å². The summed E-state index contributed by atoms with van der Waals surface area (Å²) in [6, 6.07) is 0. The number of rotatable bonds is 8. The van der Waals surface area contributed by atoms with Crippen LogP contribution in [0.2, 0.25) is 19.6 Å². The summed E-state index contributed by atoms with van der Waals surface area (Å²) < 4.78 is 16.2. The highest BCUT2D eigenvalue weighted by molar-refractivity contribution is 6.81. The smallest absolute Gasteiger partial charge is 0.411 e. The highest BCUT2D eigenvalue weighted by Crippen LogP contribution is 2.19. The molecule has 25 heavy (non-hydrogen) atoms. The lowest BCUT2D eigenvalue weighted by atomic mass is 10.1. The van der Waals surface area contributed by atoms with E-state index in [9.17, 15) is 4.79 Å². The van der Waals surface area contributed by atoms with Crippen LogP contribution in [0.1, 0.15) is 46.5 Å². The van der Waals surface area contributed by atoms with Gasteiger partial charge in [0.25, 0.3) is 0 Å². The maximum absolute atomic E-state index is 11.6. The molecule has 0 aromatic rings. The summed E-state index contributed by atoms with van der Waals surface area (Å²) in [5.41, 5.74) is 3.38. The molecule has 5 nitrogen and oxygen atoms in total. The van der Waals surface area contributed by atoms with Crippen molar-refractivity contribution in [1.82, 2.24) is 5.32 Å². The molecular formula is C19H35NO4Si. The molecule has 0 radical (unpaired) electrons. The summed E-state index contributed by atoms with van der Waals surface area (Å²) in [6.45, 7) is 14.0. The second-order valence-electron chi connectivity index (χ2n) is 8.48. The number of hydrogen-bond donors (Lipinski definition) is 1. The third-order valence-electron chi connectivity index (χ3n) is 3.36. The second-order valence-corrected chi connectivity index (χ2v) is 13.5. The fourth-order valence-corrected chi connectivity index (χ4v) is 4.05. The Hall–Kier alpha value is -1.11. The fourth-order valence-electron chi connectivity index (χ4n) is 2.56. The molecule has 1 fully saturated rings. The van der Waals surface area contributed by atoms with E-state index in [0.717, 1.165) is 25.7 Å². The van der Waals surface area contributed by atoms with Crippen LogP contribution in [0.25, 0.3) is 0 Å². The van der Waals surface area contributed by atoms with Gasteiger partial charge in [0.2, 0.25) is 0 Å². The Labute approximate surface area is 153 Å². The standard InChI is InChI=1S/C19H35NO4Si/c1-19(2,3)24-18(21)20-12-8-10-16(15-25(4,5)6)9-7-11-17-22-13-14-23-17/h8,12,15,17H,7,9-11,13-14H2,1-6H3,(H,20,21)/b12-8+,16-15+. The van der Waals surface area contributed by atoms with Crippen LogP contribution in [0.15, 0.2) is 23.5 Å². The van der Waals surface area contributed by atoms with Crippen molar-refractivity contribution in [3.63, 3.8) is 0 Å². The first kappa shape index (κ1) is 21.9. The van der Waals surface area contributed by atoms with Crippen molar-refractivity contribution < 1.29 is 19.0 Å². The summed E-state index contributed by atoms with van der Waals surface area (Å²) in [7, 11) is -1.29. The molecule has 0 atom stereocenters. The van der Waals surface area contributed by atoms with Gasteiger partial charge in [-0.1, -0.05) is 37.0 Å². The molecule has 0 unspecified atom stereocenters. The second kappa shape index (κ2) is 10.1. The van der Waals surface area contributed by atoms with Gasteiger partial charge in [-0.15, -0.1) is 0 Å². The van der Waals surface area contributed by atoms with Crippen molar-refractivity contribution in [3.05, 3.63) is 23.5 Å². The maximum Gasteiger partial charge on any atom is 0.411 e. The van der Waals surface area contributed by atoms with Gasteiger partial charge in [0.05, 0.1) is 21.3 Å². The van der Waals surface area contributed by atoms with E-state index in [2.05, 4.69) is 30.7 Å². The summed E-state index contributed by atoms with van der Waals surface area (Å²) in [5.74, 6) is 0. The quantitative estimate of drug-likeness (QED) is 0.627. The molecule has 6 heteroatoms. The number of carbonyl (C=O) groups excluding carboxylic acids is 1. The van der Waals surface area contributed by atoms with Gasteiger partial charge in [-0.25, -0.2) is 4.79 Å². The van der Waals surface area contributed by atoms with Crippen LogP contribution < -0.4 is 5.32 Å². The number of alkyl carbamates (subject to hydrolysis) is 1. The molecule has 0 bridgehead atoms. The van der Waals surface area contributed by atoms with E-state index in [1.165, 1.54) is 5.57 Å². The van der Waals surface area contributed by atoms with Crippen LogP contribution in [-0.4, -0.2) is 39.3 Å². The molecule has 1 aliphatic rings. The Morgan fingerprint density at radius 3 is 2.44 bits per heavy atom. The Balaban J connectivity index is 2.43. The van der Waals surface area contributed by atoms with Crippen molar-refractivity contribution in [2.75, 3.05) is 13.2 Å². The molecule has 0 aliphatic carbocycles. The van der Waals surface area contributed by atoms with Crippen molar-refractivity contribution >= 4 is 14.2 Å². The summed E-state index contributed by atoms with van der Waals surface area (Å²) in [5, 5.41) is 2.66. The highest BCUT2D eigenvalue weighted by Gasteiger charge is 2.16. The monoisotopic (exact) mass is 369 g/mol. The van der Waals surface area contributed by atoms with Gasteiger partial charge in [0.1, 0.15) is 5.60 Å². The van der Waals surface area contributed by atoms with E-state index in [-0.39, 0.29) is 6.29 Å². The van der Waals surface area contributed by atoms with Crippen LogP contribution in [0, 0.1) is 0 Å². The minimum atomic E-state index is -1.29. The molecular weight excluding hydrogens is 334 g/mol. The van der Waals surface area contributed by atoms with Crippen LogP contribution in [0.5, 0.6) is 0 Å². The van der Waals surface area contributed by atoms with Crippen LogP contribution in [0.3, 0.4) is 0 Å². The molecule has 1 rings (SSSR count). The molecule has 0 aromatic heterocycles. The van der Waals surface area contributed by atoms with Crippen molar-refractivity contribution in [2.24, 2.45) is 0 Å². The van der Waals surface area contributed by atoms with Gasteiger partial charge in [-0.05, 0) is 46.5 Å². The summed E-state index contributed by atoms with van der Waals surface area (Å²) >= 11 is 0. The molecule has 1 heterocycles. The van der Waals surface area contributed by atoms with Gasteiger partial charge in [-0.3, -0.25) is 5.32 Å². The van der Waals surface area contributed by atoms with E-state index in [0.29, 0.717) is 13.2 Å². The third-order valence-corrected chi connectivity index (χ3v) is 4.64. The Kier molecular flexibility index (Phi) is 8.89. The number of hydrogen-bond acceptors (Lipinski definition) is 4. The number of allylic oxidation sites excluding steroid dienone is 2. The molecule has 0 aromatic carbocycles. The van der Waals surface area contributed by atoms with E-state index < -0.39 is 19.8 Å². The molecule has 1 aliphatic heterocycles. The Morgan fingerprint density at radius 2 is 1.88 bits per heavy atom. The van der Waals surface area contributed by atoms with Gasteiger partial charge in [-0.2, -0.15) is 0 Å².